The van der Waals surface area contributed by atoms with Crippen LogP contribution in [0.25, 0.3) is 96.8 Å². The van der Waals surface area contributed by atoms with E-state index in [9.17, 15) is 10.5 Å². The topological polar surface area (TPSA) is 86.2 Å². The summed E-state index contributed by atoms with van der Waals surface area (Å²) >= 11 is 3.66. The van der Waals surface area contributed by atoms with Crippen molar-refractivity contribution in [3.05, 3.63) is 163 Å². The van der Waals surface area contributed by atoms with Crippen LogP contribution in [-0.4, -0.2) is 15.0 Å². The number of rotatable bonds is 5. The molecule has 54 heavy (non-hydrogen) atoms. The molecule has 250 valence electrons. The van der Waals surface area contributed by atoms with Crippen LogP contribution in [0.4, 0.5) is 0 Å². The van der Waals surface area contributed by atoms with Gasteiger partial charge < -0.3 is 0 Å². The molecule has 0 aliphatic carbocycles. The van der Waals surface area contributed by atoms with Crippen molar-refractivity contribution in [2.75, 3.05) is 0 Å². The number of aromatic nitrogens is 3. The molecular weight excluding hydrogens is 699 g/mol. The molecule has 0 aliphatic rings. The third-order valence-corrected chi connectivity index (χ3v) is 12.2. The summed E-state index contributed by atoms with van der Waals surface area (Å²) in [4.78, 5) is 14.6. The van der Waals surface area contributed by atoms with Crippen LogP contribution in [0.15, 0.2) is 152 Å². The van der Waals surface area contributed by atoms with Gasteiger partial charge in [-0.1, -0.05) is 97.1 Å². The Morgan fingerprint density at radius 2 is 0.907 bits per heavy atom. The maximum Gasteiger partial charge on any atom is 0.164 e. The summed E-state index contributed by atoms with van der Waals surface area (Å²) in [6, 6.07) is 55.8. The molecule has 7 heteroatoms. The number of benzene rings is 7. The van der Waals surface area contributed by atoms with Crippen molar-refractivity contribution >= 4 is 63.0 Å². The Labute approximate surface area is 318 Å². The average Bonchev–Trinajstić information content (AvgIpc) is 3.82. The van der Waals surface area contributed by atoms with Crippen LogP contribution in [0.3, 0.4) is 0 Å². The highest BCUT2D eigenvalue weighted by atomic mass is 32.1. The van der Waals surface area contributed by atoms with E-state index in [1.54, 1.807) is 23.5 Å². The zero-order valence-corrected chi connectivity index (χ0v) is 30.1. The fraction of sp³-hybridized carbons (Fsp3) is 0. The SMILES string of the molecule is N#Cc1ccc(-c2nc(-c3ccccc3)nc(-c3cc(C#N)cc(-c4ccc5c(c4)sc4c(-c6cccc7c6sc6ccccc67)cccc45)c3)n2)cc1. The standard InChI is InChI=1S/C47H25N5S2/c48-26-28-16-18-31(19-17-28)46-50-45(30-8-2-1-3-9-30)51-47(52-46)34-23-29(27-49)22-33(24-34)32-20-21-36-38-12-7-14-40(44(38)54-42(36)25-32)39-13-6-11-37-35-10-4-5-15-41(35)53-43(37)39/h1-25H. The smallest absolute Gasteiger partial charge is 0.164 e. The Hall–Kier alpha value is -7.03. The van der Waals surface area contributed by atoms with E-state index in [4.69, 9.17) is 15.0 Å². The Bertz CT molecular complexity index is 3180. The quantitative estimate of drug-likeness (QED) is 0.176. The Morgan fingerprint density at radius 3 is 1.59 bits per heavy atom. The van der Waals surface area contributed by atoms with Crippen molar-refractivity contribution in [3.8, 4) is 68.6 Å². The first kappa shape index (κ1) is 31.7. The third kappa shape index (κ3) is 5.39. The number of hydrogen-bond acceptors (Lipinski definition) is 7. The predicted octanol–water partition coefficient (Wildman–Crippen LogP) is 12.7. The van der Waals surface area contributed by atoms with E-state index in [1.807, 2.05) is 65.9 Å². The Morgan fingerprint density at radius 1 is 0.370 bits per heavy atom. The molecule has 0 saturated carbocycles. The summed E-state index contributed by atoms with van der Waals surface area (Å²) in [5.41, 5.74) is 7.81. The number of nitriles is 2. The van der Waals surface area contributed by atoms with Gasteiger partial charge in [0.05, 0.1) is 23.3 Å². The van der Waals surface area contributed by atoms with Gasteiger partial charge in [-0.3, -0.25) is 0 Å². The van der Waals surface area contributed by atoms with E-state index in [2.05, 4.69) is 97.1 Å². The van der Waals surface area contributed by atoms with Gasteiger partial charge in [-0.2, -0.15) is 10.5 Å². The van der Waals surface area contributed by atoms with E-state index in [0.29, 0.717) is 34.2 Å². The van der Waals surface area contributed by atoms with Crippen molar-refractivity contribution in [3.63, 3.8) is 0 Å². The lowest BCUT2D eigenvalue weighted by molar-refractivity contribution is 1.07. The maximum absolute atomic E-state index is 10.2. The summed E-state index contributed by atoms with van der Waals surface area (Å²) in [6.07, 6.45) is 0. The van der Waals surface area contributed by atoms with Gasteiger partial charge in [0.15, 0.2) is 17.5 Å². The van der Waals surface area contributed by atoms with Gasteiger partial charge in [0, 0.05) is 68.2 Å². The molecule has 0 amide bonds. The van der Waals surface area contributed by atoms with Crippen LogP contribution in [0.5, 0.6) is 0 Å². The highest BCUT2D eigenvalue weighted by molar-refractivity contribution is 7.27. The van der Waals surface area contributed by atoms with Crippen LogP contribution in [-0.2, 0) is 0 Å². The van der Waals surface area contributed by atoms with Gasteiger partial charge >= 0.3 is 0 Å². The Balaban J connectivity index is 1.10. The molecule has 5 nitrogen and oxygen atoms in total. The maximum atomic E-state index is 10.2. The van der Waals surface area contributed by atoms with Gasteiger partial charge in [-0.25, -0.2) is 15.0 Å². The number of hydrogen-bond donors (Lipinski definition) is 0. The van der Waals surface area contributed by atoms with E-state index >= 15 is 0 Å². The van der Waals surface area contributed by atoms with Crippen LogP contribution >= 0.6 is 22.7 Å². The highest BCUT2D eigenvalue weighted by Crippen LogP contribution is 2.46. The molecule has 0 bridgehead atoms. The fourth-order valence-electron chi connectivity index (χ4n) is 7.18. The first-order chi connectivity index (χ1) is 26.6. The molecule has 0 atom stereocenters. The van der Waals surface area contributed by atoms with Crippen LogP contribution < -0.4 is 0 Å². The molecule has 0 spiro atoms. The van der Waals surface area contributed by atoms with Gasteiger partial charge in [0.25, 0.3) is 0 Å². The summed E-state index contributed by atoms with van der Waals surface area (Å²) in [7, 11) is 0. The lowest BCUT2D eigenvalue weighted by Gasteiger charge is -2.10. The minimum absolute atomic E-state index is 0.463. The largest absolute Gasteiger partial charge is 0.208 e. The molecular formula is C47H25N5S2. The first-order valence-corrected chi connectivity index (χ1v) is 19.0. The second kappa shape index (κ2) is 12.9. The highest BCUT2D eigenvalue weighted by Gasteiger charge is 2.17. The summed E-state index contributed by atoms with van der Waals surface area (Å²) in [6.45, 7) is 0. The second-order valence-electron chi connectivity index (χ2n) is 13.0. The minimum Gasteiger partial charge on any atom is -0.208 e. The van der Waals surface area contributed by atoms with Gasteiger partial charge in [0.2, 0.25) is 0 Å². The Kier molecular flexibility index (Phi) is 7.56. The molecule has 3 aromatic heterocycles. The molecule has 0 saturated heterocycles. The van der Waals surface area contributed by atoms with Crippen molar-refractivity contribution in [1.82, 2.24) is 15.0 Å². The number of thiophene rings is 2. The third-order valence-electron chi connectivity index (χ3n) is 9.79. The summed E-state index contributed by atoms with van der Waals surface area (Å²) in [5, 5.41) is 24.6. The number of fused-ring (bicyclic) bond motifs is 6. The van der Waals surface area contributed by atoms with Gasteiger partial charge in [-0.15, -0.1) is 22.7 Å². The van der Waals surface area contributed by atoms with Crippen molar-refractivity contribution in [2.24, 2.45) is 0 Å². The number of nitrogens with zero attached hydrogens (tertiary/aromatic N) is 5. The molecule has 10 aromatic rings. The van der Waals surface area contributed by atoms with Gasteiger partial charge in [0.1, 0.15) is 0 Å². The van der Waals surface area contributed by atoms with E-state index in [0.717, 1.165) is 22.3 Å². The van der Waals surface area contributed by atoms with Crippen LogP contribution in [0.1, 0.15) is 11.1 Å². The zero-order chi connectivity index (χ0) is 36.2. The predicted molar refractivity (Wildman–Crippen MR) is 222 cm³/mol. The van der Waals surface area contributed by atoms with E-state index in [1.165, 1.54) is 51.5 Å². The zero-order valence-electron chi connectivity index (χ0n) is 28.5. The minimum atomic E-state index is 0.463. The average molecular weight is 724 g/mol. The lowest BCUT2D eigenvalue weighted by atomic mass is 9.98. The molecule has 0 aliphatic heterocycles. The van der Waals surface area contributed by atoms with E-state index < -0.39 is 0 Å². The van der Waals surface area contributed by atoms with Crippen molar-refractivity contribution in [2.45, 2.75) is 0 Å². The summed E-state index contributed by atoms with van der Waals surface area (Å²) < 4.78 is 5.04. The van der Waals surface area contributed by atoms with Crippen LogP contribution in [0.2, 0.25) is 0 Å². The molecule has 0 N–H and O–H groups in total. The lowest BCUT2D eigenvalue weighted by Crippen LogP contribution is -2.00. The fourth-order valence-corrected chi connectivity index (χ4v) is 9.68. The van der Waals surface area contributed by atoms with Crippen molar-refractivity contribution in [1.29, 1.82) is 10.5 Å². The van der Waals surface area contributed by atoms with Crippen LogP contribution in [0, 0.1) is 22.7 Å². The molecule has 0 radical (unpaired) electrons. The van der Waals surface area contributed by atoms with Crippen molar-refractivity contribution < 1.29 is 0 Å². The van der Waals surface area contributed by atoms with E-state index in [-0.39, 0.29) is 0 Å². The first-order valence-electron chi connectivity index (χ1n) is 17.4. The molecule has 10 rings (SSSR count). The molecule has 3 heterocycles. The second-order valence-corrected chi connectivity index (χ2v) is 15.2. The van der Waals surface area contributed by atoms with Gasteiger partial charge in [-0.05, 0) is 65.7 Å². The molecule has 7 aromatic carbocycles. The molecule has 0 fully saturated rings. The molecule has 0 unspecified atom stereocenters. The summed E-state index contributed by atoms with van der Waals surface area (Å²) in [5.74, 6) is 1.48. The normalized spacial score (nSPS) is 11.3. The monoisotopic (exact) mass is 723 g/mol.